The highest BCUT2D eigenvalue weighted by atomic mass is 16.3. The minimum absolute atomic E-state index is 0.0470. The van der Waals surface area contributed by atoms with Crippen LogP contribution in [0.2, 0.25) is 0 Å². The molecule has 0 saturated carbocycles. The van der Waals surface area contributed by atoms with Crippen LogP contribution in [0.25, 0.3) is 0 Å². The lowest BCUT2D eigenvalue weighted by Crippen LogP contribution is -2.44. The van der Waals surface area contributed by atoms with Crippen molar-refractivity contribution in [3.8, 4) is 12.3 Å². The quantitative estimate of drug-likeness (QED) is 0.696. The maximum absolute atomic E-state index is 12.9. The molecule has 5 nitrogen and oxygen atoms in total. The van der Waals surface area contributed by atoms with Crippen molar-refractivity contribution >= 4 is 11.8 Å². The Morgan fingerprint density at radius 1 is 1.14 bits per heavy atom. The molecule has 1 aliphatic rings. The molecule has 1 aliphatic heterocycles. The standard InChI is InChI=1S/C23H26N2O3/c1-2-14-25(18-21-9-6-17-28-21)23(27)20-12-15-24(16-13-20)22(26)11-10-19-7-4-3-5-8-19/h1,3-9,17,20H,10-16,18H2. The molecule has 2 amide bonds. The number of furan rings is 1. The molecule has 0 bridgehead atoms. The maximum atomic E-state index is 12.9. The van der Waals surface area contributed by atoms with Crippen LogP contribution in [0.1, 0.15) is 30.6 Å². The van der Waals surface area contributed by atoms with E-state index < -0.39 is 0 Å². The van der Waals surface area contributed by atoms with E-state index in [0.717, 1.165) is 12.2 Å². The molecular weight excluding hydrogens is 352 g/mol. The zero-order chi connectivity index (χ0) is 19.8. The second-order valence-corrected chi connectivity index (χ2v) is 7.12. The van der Waals surface area contributed by atoms with Gasteiger partial charge in [0.25, 0.3) is 0 Å². The molecular formula is C23H26N2O3. The summed E-state index contributed by atoms with van der Waals surface area (Å²) in [5.41, 5.74) is 1.17. The minimum Gasteiger partial charge on any atom is -0.467 e. The molecule has 0 spiro atoms. The number of terminal acetylenes is 1. The van der Waals surface area contributed by atoms with Crippen molar-refractivity contribution in [2.24, 2.45) is 5.92 Å². The van der Waals surface area contributed by atoms with Gasteiger partial charge in [0.2, 0.25) is 11.8 Å². The van der Waals surface area contributed by atoms with Crippen molar-refractivity contribution in [3.05, 3.63) is 60.1 Å². The molecule has 0 aliphatic carbocycles. The van der Waals surface area contributed by atoms with E-state index in [0.29, 0.717) is 38.9 Å². The van der Waals surface area contributed by atoms with Gasteiger partial charge in [0, 0.05) is 25.4 Å². The highest BCUT2D eigenvalue weighted by Crippen LogP contribution is 2.22. The van der Waals surface area contributed by atoms with Gasteiger partial charge in [0.1, 0.15) is 5.76 Å². The average Bonchev–Trinajstić information content (AvgIpc) is 3.25. The van der Waals surface area contributed by atoms with E-state index in [1.165, 1.54) is 5.56 Å². The summed E-state index contributed by atoms with van der Waals surface area (Å²) in [6, 6.07) is 13.7. The summed E-state index contributed by atoms with van der Waals surface area (Å²) in [4.78, 5) is 28.9. The molecule has 146 valence electrons. The van der Waals surface area contributed by atoms with Gasteiger partial charge in [0.05, 0.1) is 19.4 Å². The van der Waals surface area contributed by atoms with Crippen LogP contribution in [0.3, 0.4) is 0 Å². The summed E-state index contributed by atoms with van der Waals surface area (Å²) >= 11 is 0. The molecule has 0 radical (unpaired) electrons. The van der Waals surface area contributed by atoms with Crippen LogP contribution in [-0.2, 0) is 22.6 Å². The largest absolute Gasteiger partial charge is 0.467 e. The molecule has 5 heteroatoms. The maximum Gasteiger partial charge on any atom is 0.227 e. The predicted molar refractivity (Wildman–Crippen MR) is 107 cm³/mol. The lowest BCUT2D eigenvalue weighted by Gasteiger charge is -2.33. The predicted octanol–water partition coefficient (Wildman–Crippen LogP) is 3.11. The topological polar surface area (TPSA) is 53.8 Å². The normalized spacial score (nSPS) is 14.5. The summed E-state index contributed by atoms with van der Waals surface area (Å²) in [5.74, 6) is 3.39. The summed E-state index contributed by atoms with van der Waals surface area (Å²) in [7, 11) is 0. The molecule has 0 N–H and O–H groups in total. The summed E-state index contributed by atoms with van der Waals surface area (Å²) in [5, 5.41) is 0. The third-order valence-electron chi connectivity index (χ3n) is 5.19. The number of likely N-dealkylation sites (tertiary alicyclic amines) is 1. The van der Waals surface area contributed by atoms with Crippen LogP contribution in [0.5, 0.6) is 0 Å². The Labute approximate surface area is 166 Å². The Morgan fingerprint density at radius 3 is 2.54 bits per heavy atom. The Hall–Kier alpha value is -3.00. The SMILES string of the molecule is C#CCN(Cc1ccco1)C(=O)C1CCN(C(=O)CCc2ccccc2)CC1. The van der Waals surface area contributed by atoms with Crippen LogP contribution in [-0.4, -0.2) is 41.2 Å². The van der Waals surface area contributed by atoms with Crippen LogP contribution >= 0.6 is 0 Å². The molecule has 2 heterocycles. The fourth-order valence-corrected chi connectivity index (χ4v) is 3.60. The third-order valence-corrected chi connectivity index (χ3v) is 5.19. The van der Waals surface area contributed by atoms with Crippen molar-refractivity contribution in [1.82, 2.24) is 9.80 Å². The number of carbonyl (C=O) groups excluding carboxylic acids is 2. The molecule has 0 unspecified atom stereocenters. The third kappa shape index (κ3) is 5.26. The number of piperidine rings is 1. The lowest BCUT2D eigenvalue weighted by molar-refractivity contribution is -0.140. The lowest BCUT2D eigenvalue weighted by atomic mass is 9.94. The second kappa shape index (κ2) is 9.80. The fraction of sp³-hybridized carbons (Fsp3) is 0.391. The van der Waals surface area contributed by atoms with E-state index in [2.05, 4.69) is 5.92 Å². The number of nitrogens with zero attached hydrogens (tertiary/aromatic N) is 2. The van der Waals surface area contributed by atoms with Crippen molar-refractivity contribution in [2.45, 2.75) is 32.2 Å². The van der Waals surface area contributed by atoms with Crippen LogP contribution in [0.15, 0.2) is 53.1 Å². The van der Waals surface area contributed by atoms with Gasteiger partial charge in [0.15, 0.2) is 0 Å². The van der Waals surface area contributed by atoms with E-state index in [1.807, 2.05) is 41.3 Å². The van der Waals surface area contributed by atoms with Crippen LogP contribution in [0.4, 0.5) is 0 Å². The average molecular weight is 378 g/mol. The summed E-state index contributed by atoms with van der Waals surface area (Å²) < 4.78 is 5.34. The molecule has 1 aromatic carbocycles. The first-order valence-electron chi connectivity index (χ1n) is 9.73. The van der Waals surface area contributed by atoms with E-state index in [1.54, 1.807) is 17.2 Å². The second-order valence-electron chi connectivity index (χ2n) is 7.12. The number of benzene rings is 1. The smallest absolute Gasteiger partial charge is 0.227 e. The van der Waals surface area contributed by atoms with Crippen molar-refractivity contribution in [2.75, 3.05) is 19.6 Å². The van der Waals surface area contributed by atoms with Crippen LogP contribution in [0, 0.1) is 18.3 Å². The zero-order valence-corrected chi connectivity index (χ0v) is 16.0. The Kier molecular flexibility index (Phi) is 6.91. The molecule has 0 atom stereocenters. The number of carbonyl (C=O) groups is 2. The van der Waals surface area contributed by atoms with E-state index >= 15 is 0 Å². The number of hydrogen-bond acceptors (Lipinski definition) is 3. The fourth-order valence-electron chi connectivity index (χ4n) is 3.60. The highest BCUT2D eigenvalue weighted by Gasteiger charge is 2.30. The van der Waals surface area contributed by atoms with Gasteiger partial charge in [-0.05, 0) is 37.0 Å². The first-order valence-corrected chi connectivity index (χ1v) is 9.73. The Bertz CT molecular complexity index is 800. The van der Waals surface area contributed by atoms with Crippen molar-refractivity contribution < 1.29 is 14.0 Å². The highest BCUT2D eigenvalue weighted by molar-refractivity contribution is 5.80. The summed E-state index contributed by atoms with van der Waals surface area (Å²) in [6.45, 7) is 1.88. The first-order chi connectivity index (χ1) is 13.7. The molecule has 1 fully saturated rings. The van der Waals surface area contributed by atoms with Gasteiger partial charge >= 0.3 is 0 Å². The van der Waals surface area contributed by atoms with Gasteiger partial charge in [-0.25, -0.2) is 0 Å². The number of amides is 2. The van der Waals surface area contributed by atoms with Gasteiger partial charge in [-0.3, -0.25) is 9.59 Å². The molecule has 1 saturated heterocycles. The molecule has 1 aromatic heterocycles. The Morgan fingerprint density at radius 2 is 1.89 bits per heavy atom. The first kappa shape index (κ1) is 19.8. The van der Waals surface area contributed by atoms with E-state index in [4.69, 9.17) is 10.8 Å². The van der Waals surface area contributed by atoms with Crippen molar-refractivity contribution in [3.63, 3.8) is 0 Å². The molecule has 2 aromatic rings. The van der Waals surface area contributed by atoms with Crippen LogP contribution < -0.4 is 0 Å². The number of rotatable bonds is 7. The monoisotopic (exact) mass is 378 g/mol. The van der Waals surface area contributed by atoms with Gasteiger partial charge in [-0.2, -0.15) is 0 Å². The van der Waals surface area contributed by atoms with Gasteiger partial charge in [-0.15, -0.1) is 6.42 Å². The molecule has 28 heavy (non-hydrogen) atoms. The number of hydrogen-bond donors (Lipinski definition) is 0. The Balaban J connectivity index is 1.48. The molecule has 3 rings (SSSR count). The van der Waals surface area contributed by atoms with E-state index in [-0.39, 0.29) is 24.3 Å². The number of aryl methyl sites for hydroxylation is 1. The van der Waals surface area contributed by atoms with E-state index in [9.17, 15) is 9.59 Å². The van der Waals surface area contributed by atoms with Crippen molar-refractivity contribution in [1.29, 1.82) is 0 Å². The summed E-state index contributed by atoms with van der Waals surface area (Å²) in [6.07, 6.45) is 9.64. The minimum atomic E-state index is -0.0958. The zero-order valence-electron chi connectivity index (χ0n) is 16.0. The van der Waals surface area contributed by atoms with Gasteiger partial charge in [-0.1, -0.05) is 36.3 Å². The van der Waals surface area contributed by atoms with Gasteiger partial charge < -0.3 is 14.2 Å².